The van der Waals surface area contributed by atoms with Gasteiger partial charge in [-0.3, -0.25) is 9.59 Å². The predicted molar refractivity (Wildman–Crippen MR) is 99.9 cm³/mol. The summed E-state index contributed by atoms with van der Waals surface area (Å²) in [5.74, 6) is 0.112. The fourth-order valence-electron chi connectivity index (χ4n) is 2.81. The van der Waals surface area contributed by atoms with Crippen molar-refractivity contribution in [1.82, 2.24) is 5.32 Å². The highest BCUT2D eigenvalue weighted by Gasteiger charge is 2.21. The van der Waals surface area contributed by atoms with Crippen molar-refractivity contribution in [2.45, 2.75) is 84.1 Å². The van der Waals surface area contributed by atoms with E-state index >= 15 is 0 Å². The van der Waals surface area contributed by atoms with Crippen molar-refractivity contribution >= 4 is 11.7 Å². The molecule has 3 heteroatoms. The monoisotopic (exact) mass is 331 g/mol. The van der Waals surface area contributed by atoms with Gasteiger partial charge in [0.05, 0.1) is 0 Å². The van der Waals surface area contributed by atoms with E-state index in [1.807, 2.05) is 30.3 Å². The summed E-state index contributed by atoms with van der Waals surface area (Å²) in [5, 5.41) is 2.96. The summed E-state index contributed by atoms with van der Waals surface area (Å²) in [6, 6.07) is 9.11. The molecule has 0 aliphatic carbocycles. The quantitative estimate of drug-likeness (QED) is 0.495. The van der Waals surface area contributed by atoms with Crippen molar-refractivity contribution in [3.8, 4) is 0 Å². The second kappa shape index (κ2) is 12.7. The first kappa shape index (κ1) is 20.4. The summed E-state index contributed by atoms with van der Waals surface area (Å²) in [7, 11) is 0. The number of amides is 1. The van der Waals surface area contributed by atoms with Crippen LogP contribution in [0.15, 0.2) is 30.3 Å². The van der Waals surface area contributed by atoms with Gasteiger partial charge in [0.1, 0.15) is 6.04 Å². The number of benzene rings is 1. The summed E-state index contributed by atoms with van der Waals surface area (Å²) in [6.07, 6.45) is 9.63. The highest BCUT2D eigenvalue weighted by molar-refractivity contribution is 5.90. The van der Waals surface area contributed by atoms with Crippen LogP contribution in [0, 0.1) is 0 Å². The third kappa shape index (κ3) is 8.28. The molecule has 0 aliphatic heterocycles. The van der Waals surface area contributed by atoms with Gasteiger partial charge >= 0.3 is 0 Å². The number of carbonyl (C=O) groups is 2. The molecule has 1 atom stereocenters. The molecule has 0 saturated heterocycles. The Balaban J connectivity index is 2.58. The van der Waals surface area contributed by atoms with Crippen LogP contribution in [0.25, 0.3) is 0 Å². The Morgan fingerprint density at radius 1 is 0.833 bits per heavy atom. The molecule has 0 unspecified atom stereocenters. The van der Waals surface area contributed by atoms with Crippen molar-refractivity contribution in [3.05, 3.63) is 35.9 Å². The third-order valence-corrected chi connectivity index (χ3v) is 4.29. The lowest BCUT2D eigenvalue weighted by Crippen LogP contribution is -2.33. The molecule has 1 aromatic carbocycles. The number of rotatable bonds is 13. The van der Waals surface area contributed by atoms with Crippen molar-refractivity contribution < 1.29 is 9.59 Å². The average molecular weight is 331 g/mol. The van der Waals surface area contributed by atoms with E-state index in [1.54, 1.807) is 0 Å². The standard InChI is InChI=1S/C21H33NO2/c1-3-5-7-12-16-19(23)21(18-14-10-9-11-15-18)22-20(24)17-13-8-6-4-2/h9-11,14-15,21H,3-8,12-13,16-17H2,1-2H3,(H,22,24)/t21-/m1/s1. The summed E-state index contributed by atoms with van der Waals surface area (Å²) >= 11 is 0. The van der Waals surface area contributed by atoms with Crippen LogP contribution in [0.1, 0.15) is 89.7 Å². The van der Waals surface area contributed by atoms with Crippen LogP contribution in [-0.4, -0.2) is 11.7 Å². The van der Waals surface area contributed by atoms with Crippen LogP contribution in [-0.2, 0) is 9.59 Å². The van der Waals surface area contributed by atoms with E-state index in [-0.39, 0.29) is 11.7 Å². The minimum absolute atomic E-state index is 0.0122. The number of hydrogen-bond donors (Lipinski definition) is 1. The molecular formula is C21H33NO2. The molecule has 0 bridgehead atoms. The molecule has 3 nitrogen and oxygen atoms in total. The lowest BCUT2D eigenvalue weighted by atomic mass is 9.98. The van der Waals surface area contributed by atoms with E-state index in [2.05, 4.69) is 19.2 Å². The van der Waals surface area contributed by atoms with Crippen molar-refractivity contribution in [2.24, 2.45) is 0 Å². The van der Waals surface area contributed by atoms with Crippen LogP contribution < -0.4 is 5.32 Å². The maximum absolute atomic E-state index is 12.6. The summed E-state index contributed by atoms with van der Waals surface area (Å²) in [6.45, 7) is 4.32. The highest BCUT2D eigenvalue weighted by Crippen LogP contribution is 2.18. The van der Waals surface area contributed by atoms with E-state index in [0.29, 0.717) is 12.8 Å². The largest absolute Gasteiger partial charge is 0.342 e. The Hall–Kier alpha value is -1.64. The Morgan fingerprint density at radius 2 is 1.42 bits per heavy atom. The minimum atomic E-state index is -0.494. The van der Waals surface area contributed by atoms with Gasteiger partial charge in [0.25, 0.3) is 0 Å². The molecule has 0 radical (unpaired) electrons. The van der Waals surface area contributed by atoms with E-state index < -0.39 is 6.04 Å². The topological polar surface area (TPSA) is 46.2 Å². The second-order valence-corrected chi connectivity index (χ2v) is 6.50. The number of unbranched alkanes of at least 4 members (excludes halogenated alkanes) is 6. The zero-order chi connectivity index (χ0) is 17.6. The van der Waals surface area contributed by atoms with Gasteiger partial charge < -0.3 is 5.32 Å². The molecule has 1 N–H and O–H groups in total. The number of ketones is 1. The zero-order valence-electron chi connectivity index (χ0n) is 15.4. The van der Waals surface area contributed by atoms with Gasteiger partial charge in [-0.1, -0.05) is 82.7 Å². The molecule has 134 valence electrons. The summed E-state index contributed by atoms with van der Waals surface area (Å²) in [4.78, 5) is 24.8. The van der Waals surface area contributed by atoms with Crippen LogP contribution >= 0.6 is 0 Å². The Kier molecular flexibility index (Phi) is 10.8. The van der Waals surface area contributed by atoms with E-state index in [1.165, 1.54) is 0 Å². The van der Waals surface area contributed by atoms with Gasteiger partial charge in [-0.25, -0.2) is 0 Å². The molecule has 0 fully saturated rings. The van der Waals surface area contributed by atoms with Crippen molar-refractivity contribution in [2.75, 3.05) is 0 Å². The molecule has 1 aromatic rings. The number of hydrogen-bond acceptors (Lipinski definition) is 2. The predicted octanol–water partition coefficient (Wildman–Crippen LogP) is 5.35. The molecule has 0 spiro atoms. The third-order valence-electron chi connectivity index (χ3n) is 4.29. The Labute approximate surface area is 147 Å². The van der Waals surface area contributed by atoms with Crippen molar-refractivity contribution in [1.29, 1.82) is 0 Å². The molecule has 0 aromatic heterocycles. The lowest BCUT2D eigenvalue weighted by Gasteiger charge is -2.18. The Bertz CT molecular complexity index is 470. The number of carbonyl (C=O) groups excluding carboxylic acids is 2. The zero-order valence-corrected chi connectivity index (χ0v) is 15.4. The minimum Gasteiger partial charge on any atom is -0.342 e. The molecule has 1 amide bonds. The fourth-order valence-corrected chi connectivity index (χ4v) is 2.81. The van der Waals surface area contributed by atoms with Gasteiger partial charge in [0.15, 0.2) is 5.78 Å². The van der Waals surface area contributed by atoms with Crippen LogP contribution in [0.4, 0.5) is 0 Å². The van der Waals surface area contributed by atoms with Crippen LogP contribution in [0.5, 0.6) is 0 Å². The maximum atomic E-state index is 12.6. The molecule has 24 heavy (non-hydrogen) atoms. The normalized spacial score (nSPS) is 11.9. The van der Waals surface area contributed by atoms with Gasteiger partial charge in [0, 0.05) is 12.8 Å². The molecule has 0 aliphatic rings. The second-order valence-electron chi connectivity index (χ2n) is 6.50. The fraction of sp³-hybridized carbons (Fsp3) is 0.619. The maximum Gasteiger partial charge on any atom is 0.220 e. The van der Waals surface area contributed by atoms with E-state index in [9.17, 15) is 9.59 Å². The van der Waals surface area contributed by atoms with Crippen LogP contribution in [0.3, 0.4) is 0 Å². The van der Waals surface area contributed by atoms with Crippen LogP contribution in [0.2, 0.25) is 0 Å². The number of nitrogens with one attached hydrogen (secondary N) is 1. The van der Waals surface area contributed by atoms with E-state index in [0.717, 1.165) is 56.9 Å². The van der Waals surface area contributed by atoms with Gasteiger partial charge in [-0.15, -0.1) is 0 Å². The molecule has 0 saturated carbocycles. The Morgan fingerprint density at radius 3 is 2.00 bits per heavy atom. The SMILES string of the molecule is CCCCCCC(=O)N[C@@H](C(=O)CCCCCC)c1ccccc1. The first-order valence-corrected chi connectivity index (χ1v) is 9.56. The lowest BCUT2D eigenvalue weighted by molar-refractivity contribution is -0.128. The summed E-state index contributed by atoms with van der Waals surface area (Å²) < 4.78 is 0. The first-order valence-electron chi connectivity index (χ1n) is 9.56. The number of Topliss-reactive ketones (excluding diaryl/α,β-unsaturated/α-hetero) is 1. The molecule has 0 heterocycles. The highest BCUT2D eigenvalue weighted by atomic mass is 16.2. The summed E-state index contributed by atoms with van der Waals surface area (Å²) in [5.41, 5.74) is 0.889. The van der Waals surface area contributed by atoms with Gasteiger partial charge in [-0.2, -0.15) is 0 Å². The van der Waals surface area contributed by atoms with E-state index in [4.69, 9.17) is 0 Å². The van der Waals surface area contributed by atoms with Crippen molar-refractivity contribution in [3.63, 3.8) is 0 Å². The molecular weight excluding hydrogens is 298 g/mol. The average Bonchev–Trinajstić information content (AvgIpc) is 2.61. The van der Waals surface area contributed by atoms with Gasteiger partial charge in [-0.05, 0) is 18.4 Å². The molecule has 1 rings (SSSR count). The first-order chi connectivity index (χ1) is 11.7. The van der Waals surface area contributed by atoms with Gasteiger partial charge in [0.2, 0.25) is 5.91 Å². The smallest absolute Gasteiger partial charge is 0.220 e.